The molecule has 0 bridgehead atoms. The number of aryl methyl sites for hydroxylation is 3. The molecule has 0 radical (unpaired) electrons. The van der Waals surface area contributed by atoms with E-state index < -0.39 is 16.0 Å². The molecule has 0 aliphatic heterocycles. The highest BCUT2D eigenvalue weighted by molar-refractivity contribution is 7.92. The summed E-state index contributed by atoms with van der Waals surface area (Å²) >= 11 is 0. The van der Waals surface area contributed by atoms with E-state index in [-0.39, 0.29) is 24.2 Å². The summed E-state index contributed by atoms with van der Waals surface area (Å²) in [7, 11) is -3.95. The van der Waals surface area contributed by atoms with Crippen LogP contribution < -0.4 is 9.04 Å². The van der Waals surface area contributed by atoms with Crippen molar-refractivity contribution in [2.24, 2.45) is 5.92 Å². The maximum Gasteiger partial charge on any atom is 0.328 e. The molecule has 7 nitrogen and oxygen atoms in total. The second kappa shape index (κ2) is 10.8. The molecule has 0 aliphatic carbocycles. The number of furan rings is 1. The van der Waals surface area contributed by atoms with E-state index in [0.717, 1.165) is 28.3 Å². The molecule has 0 fully saturated rings. The van der Waals surface area contributed by atoms with Gasteiger partial charge in [-0.3, -0.25) is 4.31 Å². The molecular weight excluding hydrogens is 466 g/mol. The maximum atomic E-state index is 13.6. The zero-order valence-corrected chi connectivity index (χ0v) is 21.4. The Labute approximate surface area is 206 Å². The number of nitrogens with zero attached hydrogens (tertiary/aromatic N) is 1. The lowest BCUT2D eigenvalue weighted by Crippen LogP contribution is -2.34. The fourth-order valence-electron chi connectivity index (χ4n) is 3.46. The number of benzene rings is 2. The highest BCUT2D eigenvalue weighted by atomic mass is 32.2. The predicted octanol–water partition coefficient (Wildman–Crippen LogP) is 5.73. The number of ether oxygens (including phenoxy) is 1. The summed E-state index contributed by atoms with van der Waals surface area (Å²) in [4.78, 5) is 10.7. The number of hydrogen-bond donors (Lipinski definition) is 1. The van der Waals surface area contributed by atoms with Crippen LogP contribution >= 0.6 is 0 Å². The number of aliphatic carboxylic acids is 1. The van der Waals surface area contributed by atoms with Crippen molar-refractivity contribution in [1.82, 2.24) is 0 Å². The Morgan fingerprint density at radius 2 is 1.71 bits per heavy atom. The quantitative estimate of drug-likeness (QED) is 0.359. The molecule has 1 N–H and O–H groups in total. The number of carbonyl (C=O) groups is 1. The molecule has 0 aliphatic rings. The fourth-order valence-corrected chi connectivity index (χ4v) is 5.05. The normalized spacial score (nSPS) is 11.8. The summed E-state index contributed by atoms with van der Waals surface area (Å²) < 4.78 is 40.2. The molecule has 3 rings (SSSR count). The average Bonchev–Trinajstić information content (AvgIpc) is 3.24. The van der Waals surface area contributed by atoms with Gasteiger partial charge in [-0.1, -0.05) is 38.1 Å². The summed E-state index contributed by atoms with van der Waals surface area (Å²) in [6.45, 7) is 9.98. The van der Waals surface area contributed by atoms with Crippen molar-refractivity contribution in [2.75, 3.05) is 10.8 Å². The Hall–Kier alpha value is -3.52. The van der Waals surface area contributed by atoms with Gasteiger partial charge >= 0.3 is 5.97 Å². The molecule has 0 amide bonds. The number of carboxylic acid groups (broad SMARTS) is 1. The van der Waals surface area contributed by atoms with Crippen molar-refractivity contribution in [3.8, 4) is 5.75 Å². The van der Waals surface area contributed by atoms with Gasteiger partial charge in [0.2, 0.25) is 5.09 Å². The highest BCUT2D eigenvalue weighted by Crippen LogP contribution is 2.36. The minimum absolute atomic E-state index is 0.0571. The summed E-state index contributed by atoms with van der Waals surface area (Å²) in [5.41, 5.74) is 4.00. The van der Waals surface area contributed by atoms with Gasteiger partial charge in [0.05, 0.1) is 5.69 Å². The molecule has 35 heavy (non-hydrogen) atoms. The molecule has 0 saturated heterocycles. The van der Waals surface area contributed by atoms with Gasteiger partial charge in [-0.25, -0.2) is 4.79 Å². The lowest BCUT2D eigenvalue weighted by Gasteiger charge is -2.28. The van der Waals surface area contributed by atoms with Gasteiger partial charge in [0.1, 0.15) is 18.1 Å². The summed E-state index contributed by atoms with van der Waals surface area (Å²) in [5.74, 6) is 0.0220. The van der Waals surface area contributed by atoms with Crippen molar-refractivity contribution < 1.29 is 27.5 Å². The average molecular weight is 498 g/mol. The van der Waals surface area contributed by atoms with Gasteiger partial charge in [0, 0.05) is 12.6 Å². The summed E-state index contributed by atoms with van der Waals surface area (Å²) in [5, 5.41) is 8.67. The van der Waals surface area contributed by atoms with Crippen LogP contribution in [0.1, 0.15) is 41.9 Å². The van der Waals surface area contributed by atoms with Crippen LogP contribution in [0, 0.1) is 26.7 Å². The largest absolute Gasteiger partial charge is 0.487 e. The monoisotopic (exact) mass is 497 g/mol. The minimum atomic E-state index is -3.95. The molecule has 3 aromatic rings. The third-order valence-electron chi connectivity index (χ3n) is 5.43. The Balaban J connectivity index is 1.96. The van der Waals surface area contributed by atoms with Crippen LogP contribution in [0.5, 0.6) is 5.75 Å². The first-order valence-corrected chi connectivity index (χ1v) is 12.7. The van der Waals surface area contributed by atoms with E-state index in [4.69, 9.17) is 14.3 Å². The van der Waals surface area contributed by atoms with Gasteiger partial charge in [-0.15, -0.1) is 0 Å². The van der Waals surface area contributed by atoms with Gasteiger partial charge in [0.25, 0.3) is 10.0 Å². The minimum Gasteiger partial charge on any atom is -0.487 e. The number of sulfonamides is 1. The first kappa shape index (κ1) is 26.1. The topological polar surface area (TPSA) is 97.0 Å². The van der Waals surface area contributed by atoms with Crippen LogP contribution in [0.3, 0.4) is 0 Å². The Morgan fingerprint density at radius 3 is 2.29 bits per heavy atom. The zero-order valence-electron chi connectivity index (χ0n) is 20.6. The molecule has 0 spiro atoms. The summed E-state index contributed by atoms with van der Waals surface area (Å²) in [6.07, 6.45) is 2.59. The lowest BCUT2D eigenvalue weighted by atomic mass is 10.1. The van der Waals surface area contributed by atoms with E-state index in [1.165, 1.54) is 16.4 Å². The van der Waals surface area contributed by atoms with E-state index in [0.29, 0.717) is 17.2 Å². The van der Waals surface area contributed by atoms with Gasteiger partial charge < -0.3 is 14.3 Å². The Bertz CT molecular complexity index is 1320. The van der Waals surface area contributed by atoms with E-state index in [1.54, 1.807) is 25.1 Å². The third-order valence-corrected chi connectivity index (χ3v) is 7.08. The molecule has 8 heteroatoms. The van der Waals surface area contributed by atoms with Gasteiger partial charge in [-0.05, 0) is 79.3 Å². The number of carboxylic acids is 1. The van der Waals surface area contributed by atoms with Crippen LogP contribution in [-0.4, -0.2) is 26.0 Å². The predicted molar refractivity (Wildman–Crippen MR) is 136 cm³/mol. The standard InChI is InChI=1S/C27H31NO6S/c1-18(2)16-28(35(31,32)27-13-6-21(5)34-27)24-14-19(3)20(4)15-25(24)33-17-23-9-7-22(8-10-23)11-12-26(29)30/h6-15,18H,16-17H2,1-5H3,(H,29,30)/b12-11+. The van der Waals surface area contributed by atoms with Crippen molar-refractivity contribution in [1.29, 1.82) is 0 Å². The molecule has 0 saturated carbocycles. The van der Waals surface area contributed by atoms with E-state index in [9.17, 15) is 13.2 Å². The van der Waals surface area contributed by atoms with Gasteiger partial charge in [-0.2, -0.15) is 8.42 Å². The van der Waals surface area contributed by atoms with Gasteiger partial charge in [0.15, 0.2) is 0 Å². The van der Waals surface area contributed by atoms with E-state index in [1.807, 2.05) is 52.0 Å². The Morgan fingerprint density at radius 1 is 1.06 bits per heavy atom. The van der Waals surface area contributed by atoms with Crippen LogP contribution in [0.25, 0.3) is 6.08 Å². The molecule has 1 heterocycles. The van der Waals surface area contributed by atoms with Crippen molar-refractivity contribution >= 4 is 27.8 Å². The number of anilines is 1. The third kappa shape index (κ3) is 6.54. The number of hydrogen-bond acceptors (Lipinski definition) is 5. The highest BCUT2D eigenvalue weighted by Gasteiger charge is 2.31. The zero-order chi connectivity index (χ0) is 25.8. The molecule has 186 valence electrons. The lowest BCUT2D eigenvalue weighted by molar-refractivity contribution is -0.131. The van der Waals surface area contributed by atoms with E-state index >= 15 is 0 Å². The second-order valence-corrected chi connectivity index (χ2v) is 10.7. The van der Waals surface area contributed by atoms with Crippen LogP contribution in [0.15, 0.2) is 64.1 Å². The van der Waals surface area contributed by atoms with Crippen LogP contribution in [0.4, 0.5) is 5.69 Å². The van der Waals surface area contributed by atoms with Crippen LogP contribution in [0.2, 0.25) is 0 Å². The maximum absolute atomic E-state index is 13.6. The molecule has 1 aromatic heterocycles. The molecular formula is C27H31NO6S. The second-order valence-electron chi connectivity index (χ2n) is 8.90. The fraction of sp³-hybridized carbons (Fsp3) is 0.296. The first-order chi connectivity index (χ1) is 16.5. The molecule has 0 unspecified atom stereocenters. The smallest absolute Gasteiger partial charge is 0.328 e. The SMILES string of the molecule is Cc1ccc(S(=O)(=O)N(CC(C)C)c2cc(C)c(C)cc2OCc2ccc(/C=C/C(=O)O)cc2)o1. The molecule has 2 aromatic carbocycles. The number of rotatable bonds is 10. The first-order valence-electron chi connectivity index (χ1n) is 11.3. The molecule has 0 atom stereocenters. The van der Waals surface area contributed by atoms with E-state index in [2.05, 4.69) is 0 Å². The van der Waals surface area contributed by atoms with Crippen molar-refractivity contribution in [3.05, 3.63) is 82.6 Å². The van der Waals surface area contributed by atoms with Crippen molar-refractivity contribution in [2.45, 2.75) is 46.3 Å². The van der Waals surface area contributed by atoms with Crippen molar-refractivity contribution in [3.63, 3.8) is 0 Å². The van der Waals surface area contributed by atoms with Crippen LogP contribution in [-0.2, 0) is 21.4 Å². The Kier molecular flexibility index (Phi) is 8.07. The summed E-state index contributed by atoms with van der Waals surface area (Å²) in [6, 6.07) is 14.1.